The number of aliphatic hydroxyl groups excluding tert-OH is 1. The normalized spacial score (nSPS) is 13.4. The van der Waals surface area contributed by atoms with E-state index >= 15 is 0 Å². The summed E-state index contributed by atoms with van der Waals surface area (Å²) in [6.45, 7) is -1.69. The highest BCUT2D eigenvalue weighted by atomic mass is 79.9. The minimum atomic E-state index is -3.94. The van der Waals surface area contributed by atoms with Crippen LogP contribution in [0.15, 0.2) is 16.6 Å². The van der Waals surface area contributed by atoms with E-state index in [4.69, 9.17) is 10.8 Å². The van der Waals surface area contributed by atoms with Crippen molar-refractivity contribution in [2.75, 3.05) is 6.61 Å². The molecule has 0 fully saturated rings. The van der Waals surface area contributed by atoms with Crippen LogP contribution in [0.5, 0.6) is 0 Å². The van der Waals surface area contributed by atoms with E-state index in [1.807, 2.05) is 0 Å². The largest absolute Gasteiger partial charge is 0.390 e. The molecule has 0 saturated heterocycles. The minimum Gasteiger partial charge on any atom is -0.390 e. The maximum absolute atomic E-state index is 13.4. The number of primary amides is 1. The third kappa shape index (κ3) is 2.81. The molecule has 0 spiro atoms. The summed E-state index contributed by atoms with van der Waals surface area (Å²) in [6, 6.07) is 1.05. The molecule has 3 nitrogen and oxygen atoms in total. The van der Waals surface area contributed by atoms with Crippen LogP contribution in [0.3, 0.4) is 0 Å². The highest BCUT2D eigenvalue weighted by Crippen LogP contribution is 2.36. The SMILES string of the molecule is NC(=O)C(c1cc(Br)c(F)cc1F)C(F)(F)CO. The Hall–Kier alpha value is -1.15. The van der Waals surface area contributed by atoms with Crippen molar-refractivity contribution in [1.82, 2.24) is 0 Å². The van der Waals surface area contributed by atoms with E-state index in [9.17, 15) is 22.4 Å². The molecule has 0 saturated carbocycles. The molecule has 1 aromatic rings. The molecule has 1 amide bonds. The van der Waals surface area contributed by atoms with Crippen LogP contribution in [0.1, 0.15) is 11.5 Å². The van der Waals surface area contributed by atoms with Gasteiger partial charge in [-0.25, -0.2) is 17.6 Å². The van der Waals surface area contributed by atoms with E-state index in [1.54, 1.807) is 0 Å². The molecule has 18 heavy (non-hydrogen) atoms. The van der Waals surface area contributed by atoms with Gasteiger partial charge in [0.2, 0.25) is 5.91 Å². The summed E-state index contributed by atoms with van der Waals surface area (Å²) in [7, 11) is 0. The van der Waals surface area contributed by atoms with E-state index in [0.29, 0.717) is 12.1 Å². The second-order valence-electron chi connectivity index (χ2n) is 3.54. The fourth-order valence-electron chi connectivity index (χ4n) is 1.44. The van der Waals surface area contributed by atoms with Crippen molar-refractivity contribution in [3.63, 3.8) is 0 Å². The lowest BCUT2D eigenvalue weighted by Crippen LogP contribution is -2.39. The zero-order valence-electron chi connectivity index (χ0n) is 8.76. The molecule has 0 aliphatic rings. The van der Waals surface area contributed by atoms with Crippen molar-refractivity contribution < 1.29 is 27.5 Å². The van der Waals surface area contributed by atoms with Crippen molar-refractivity contribution in [1.29, 1.82) is 0 Å². The number of nitrogens with two attached hydrogens (primary N) is 1. The summed E-state index contributed by atoms with van der Waals surface area (Å²) in [5, 5.41) is 8.52. The molecular formula is C10H8BrF4NO2. The van der Waals surface area contributed by atoms with Crippen LogP contribution in [0.2, 0.25) is 0 Å². The Morgan fingerprint density at radius 3 is 2.39 bits per heavy atom. The fraction of sp³-hybridized carbons (Fsp3) is 0.300. The Balaban J connectivity index is 3.40. The van der Waals surface area contributed by atoms with Crippen molar-refractivity contribution in [3.8, 4) is 0 Å². The van der Waals surface area contributed by atoms with E-state index in [-0.39, 0.29) is 4.47 Å². The summed E-state index contributed by atoms with van der Waals surface area (Å²) in [5.74, 6) is -10.2. The van der Waals surface area contributed by atoms with Crippen LogP contribution in [0, 0.1) is 11.6 Å². The van der Waals surface area contributed by atoms with Crippen LogP contribution < -0.4 is 5.73 Å². The second-order valence-corrected chi connectivity index (χ2v) is 4.40. The standard InChI is InChI=1S/C10H8BrF4NO2/c11-5-1-4(6(12)2-7(5)13)8(9(16)18)10(14,15)3-17/h1-2,8,17H,3H2,(H2,16,18). The molecule has 1 unspecified atom stereocenters. The maximum Gasteiger partial charge on any atom is 0.286 e. The number of hydrogen-bond acceptors (Lipinski definition) is 2. The predicted molar refractivity (Wildman–Crippen MR) is 58.0 cm³/mol. The molecule has 0 radical (unpaired) electrons. The summed E-state index contributed by atoms with van der Waals surface area (Å²) >= 11 is 2.69. The number of halogens is 5. The predicted octanol–water partition coefficient (Wildman–Crippen LogP) is 1.92. The summed E-state index contributed by atoms with van der Waals surface area (Å²) in [4.78, 5) is 11.0. The van der Waals surface area contributed by atoms with Crippen molar-refractivity contribution in [2.45, 2.75) is 11.8 Å². The van der Waals surface area contributed by atoms with Gasteiger partial charge < -0.3 is 10.8 Å². The van der Waals surface area contributed by atoms with Gasteiger partial charge in [0.1, 0.15) is 24.2 Å². The van der Waals surface area contributed by atoms with E-state index in [1.165, 1.54) is 0 Å². The monoisotopic (exact) mass is 329 g/mol. The Kier molecular flexibility index (Phi) is 4.33. The third-order valence-corrected chi connectivity index (χ3v) is 2.88. The lowest BCUT2D eigenvalue weighted by Gasteiger charge is -2.23. The third-order valence-electron chi connectivity index (χ3n) is 2.27. The van der Waals surface area contributed by atoms with Gasteiger partial charge in [-0.15, -0.1) is 0 Å². The highest BCUT2D eigenvalue weighted by Gasteiger charge is 2.45. The number of rotatable bonds is 4. The first-order valence-corrected chi connectivity index (χ1v) is 5.42. The van der Waals surface area contributed by atoms with Crippen molar-refractivity contribution >= 4 is 21.8 Å². The molecule has 0 bridgehead atoms. The molecule has 8 heteroatoms. The first-order chi connectivity index (χ1) is 8.20. The molecule has 0 aliphatic heterocycles. The quantitative estimate of drug-likeness (QED) is 0.655. The second kappa shape index (κ2) is 5.23. The average molecular weight is 330 g/mol. The fourth-order valence-corrected chi connectivity index (χ4v) is 1.80. The molecule has 1 aromatic carbocycles. The molecule has 3 N–H and O–H groups in total. The summed E-state index contributed by atoms with van der Waals surface area (Å²) < 4.78 is 52.8. The van der Waals surface area contributed by atoms with Crippen molar-refractivity contribution in [3.05, 3.63) is 33.8 Å². The van der Waals surface area contributed by atoms with Crippen LogP contribution in [0.4, 0.5) is 17.6 Å². The molecular weight excluding hydrogens is 322 g/mol. The molecule has 100 valence electrons. The van der Waals surface area contributed by atoms with Gasteiger partial charge in [0.15, 0.2) is 0 Å². The summed E-state index contributed by atoms with van der Waals surface area (Å²) in [6.07, 6.45) is 0. The van der Waals surface area contributed by atoms with Crippen LogP contribution >= 0.6 is 15.9 Å². The zero-order chi connectivity index (χ0) is 14.1. The topological polar surface area (TPSA) is 63.3 Å². The van der Waals surface area contributed by atoms with Crippen molar-refractivity contribution in [2.24, 2.45) is 5.73 Å². The van der Waals surface area contributed by atoms with Gasteiger partial charge >= 0.3 is 0 Å². The van der Waals surface area contributed by atoms with Crippen LogP contribution in [0.25, 0.3) is 0 Å². The summed E-state index contributed by atoms with van der Waals surface area (Å²) in [5.41, 5.74) is 4.00. The number of carbonyl (C=O) groups is 1. The molecule has 1 atom stereocenters. The molecule has 0 heterocycles. The molecule has 0 aromatic heterocycles. The van der Waals surface area contributed by atoms with Crippen LogP contribution in [-0.4, -0.2) is 23.5 Å². The maximum atomic E-state index is 13.4. The number of alkyl halides is 2. The highest BCUT2D eigenvalue weighted by molar-refractivity contribution is 9.10. The van der Waals surface area contributed by atoms with Gasteiger partial charge in [-0.3, -0.25) is 4.79 Å². The first kappa shape index (κ1) is 14.9. The minimum absolute atomic E-state index is 0.293. The van der Waals surface area contributed by atoms with E-state index in [0.717, 1.165) is 0 Å². The Bertz CT molecular complexity index is 481. The van der Waals surface area contributed by atoms with Gasteiger partial charge in [0.25, 0.3) is 5.92 Å². The zero-order valence-corrected chi connectivity index (χ0v) is 10.3. The molecule has 0 aliphatic carbocycles. The lowest BCUT2D eigenvalue weighted by atomic mass is 9.91. The lowest BCUT2D eigenvalue weighted by molar-refractivity contribution is -0.134. The Morgan fingerprint density at radius 2 is 1.94 bits per heavy atom. The first-order valence-electron chi connectivity index (χ1n) is 4.63. The van der Waals surface area contributed by atoms with Gasteiger partial charge in [-0.1, -0.05) is 0 Å². The van der Waals surface area contributed by atoms with Gasteiger partial charge in [-0.2, -0.15) is 0 Å². The van der Waals surface area contributed by atoms with E-state index in [2.05, 4.69) is 15.9 Å². The number of aliphatic hydroxyl groups is 1. The van der Waals surface area contributed by atoms with Gasteiger partial charge in [-0.05, 0) is 22.0 Å². The number of benzene rings is 1. The van der Waals surface area contributed by atoms with Gasteiger partial charge in [0.05, 0.1) is 4.47 Å². The average Bonchev–Trinajstić information content (AvgIpc) is 2.25. The molecule has 1 rings (SSSR count). The Morgan fingerprint density at radius 1 is 1.39 bits per heavy atom. The number of amides is 1. The Labute approximate surface area is 108 Å². The van der Waals surface area contributed by atoms with E-state index < -0.39 is 41.6 Å². The smallest absolute Gasteiger partial charge is 0.286 e. The number of hydrogen-bond donors (Lipinski definition) is 2. The number of carbonyl (C=O) groups excluding carboxylic acids is 1. The van der Waals surface area contributed by atoms with Crippen LogP contribution in [-0.2, 0) is 4.79 Å². The van der Waals surface area contributed by atoms with Gasteiger partial charge in [0, 0.05) is 11.6 Å².